The van der Waals surface area contributed by atoms with Gasteiger partial charge < -0.3 is 13.3 Å². The highest BCUT2D eigenvalue weighted by Crippen LogP contribution is 2.34. The Labute approximate surface area is 154 Å². The lowest BCUT2D eigenvalue weighted by molar-refractivity contribution is 0.125. The van der Waals surface area contributed by atoms with Gasteiger partial charge in [-0.15, -0.1) is 20.4 Å². The normalized spacial score (nSPS) is 17.1. The van der Waals surface area contributed by atoms with Gasteiger partial charge in [0.2, 0.25) is 17.7 Å². The van der Waals surface area contributed by atoms with E-state index >= 15 is 0 Å². The fraction of sp³-hybridized carbons (Fsp3) is 0.263. The van der Waals surface area contributed by atoms with Crippen LogP contribution in [0.3, 0.4) is 0 Å². The Morgan fingerprint density at radius 1 is 1.00 bits per heavy atom. The van der Waals surface area contributed by atoms with Gasteiger partial charge in [0.05, 0.1) is 18.8 Å². The average molecular weight is 363 g/mol. The van der Waals surface area contributed by atoms with Gasteiger partial charge in [-0.1, -0.05) is 24.3 Å². The second-order valence-electron chi connectivity index (χ2n) is 6.53. The minimum Gasteiger partial charge on any atom is -0.459 e. The molecule has 0 radical (unpaired) electrons. The minimum atomic E-state index is -0.0416. The van der Waals surface area contributed by atoms with Crippen molar-refractivity contribution >= 4 is 0 Å². The van der Waals surface area contributed by atoms with Gasteiger partial charge in [0, 0.05) is 13.5 Å². The molecule has 0 saturated carbocycles. The zero-order valence-electron chi connectivity index (χ0n) is 14.7. The van der Waals surface area contributed by atoms with E-state index in [9.17, 15) is 0 Å². The van der Waals surface area contributed by atoms with Crippen molar-refractivity contribution in [3.63, 3.8) is 0 Å². The summed E-state index contributed by atoms with van der Waals surface area (Å²) in [6.45, 7) is 3.01. The van der Waals surface area contributed by atoms with Crippen molar-refractivity contribution in [2.75, 3.05) is 0 Å². The zero-order valence-corrected chi connectivity index (χ0v) is 14.7. The van der Waals surface area contributed by atoms with Gasteiger partial charge in [-0.25, -0.2) is 0 Å². The lowest BCUT2D eigenvalue weighted by atomic mass is 9.94. The SMILES string of the molecule is Cc1nnc(C2Cc3ccccc3CN2Cc2nnc(-c3ccco3)o2)o1. The molecule has 0 aliphatic carbocycles. The van der Waals surface area contributed by atoms with Gasteiger partial charge in [0.1, 0.15) is 0 Å². The molecule has 4 aromatic rings. The molecule has 27 heavy (non-hydrogen) atoms. The molecule has 1 atom stereocenters. The van der Waals surface area contributed by atoms with Crippen LogP contribution in [0.2, 0.25) is 0 Å². The Morgan fingerprint density at radius 2 is 1.89 bits per heavy atom. The molecule has 3 aromatic heterocycles. The second kappa shape index (κ2) is 6.48. The van der Waals surface area contributed by atoms with Crippen molar-refractivity contribution in [1.29, 1.82) is 0 Å². The first-order valence-electron chi connectivity index (χ1n) is 8.73. The minimum absolute atomic E-state index is 0.0416. The predicted octanol–water partition coefficient (Wildman–Crippen LogP) is 3.32. The lowest BCUT2D eigenvalue weighted by Crippen LogP contribution is -2.34. The average Bonchev–Trinajstić information content (AvgIpc) is 3.42. The summed E-state index contributed by atoms with van der Waals surface area (Å²) >= 11 is 0. The molecule has 1 aromatic carbocycles. The Balaban J connectivity index is 1.45. The van der Waals surface area contributed by atoms with Gasteiger partial charge in [-0.05, 0) is 29.7 Å². The Hall–Kier alpha value is -3.26. The molecule has 0 saturated heterocycles. The molecule has 4 heterocycles. The summed E-state index contributed by atoms with van der Waals surface area (Å²) in [5.41, 5.74) is 2.56. The van der Waals surface area contributed by atoms with Crippen LogP contribution in [0.15, 0.2) is 55.9 Å². The van der Waals surface area contributed by atoms with E-state index in [0.29, 0.717) is 35.9 Å². The van der Waals surface area contributed by atoms with Gasteiger partial charge >= 0.3 is 0 Å². The van der Waals surface area contributed by atoms with Gasteiger partial charge in [-0.2, -0.15) is 0 Å². The van der Waals surface area contributed by atoms with Crippen LogP contribution in [0.4, 0.5) is 0 Å². The quantitative estimate of drug-likeness (QED) is 0.545. The van der Waals surface area contributed by atoms with Crippen molar-refractivity contribution in [3.05, 3.63) is 71.5 Å². The summed E-state index contributed by atoms with van der Waals surface area (Å²) in [6, 6.07) is 11.9. The monoisotopic (exact) mass is 363 g/mol. The summed E-state index contributed by atoms with van der Waals surface area (Å²) < 4.78 is 16.8. The highest BCUT2D eigenvalue weighted by molar-refractivity contribution is 5.42. The van der Waals surface area contributed by atoms with Crippen LogP contribution in [0.1, 0.15) is 34.8 Å². The van der Waals surface area contributed by atoms with E-state index in [4.69, 9.17) is 13.3 Å². The molecule has 0 amide bonds. The molecule has 1 unspecified atom stereocenters. The molecule has 8 nitrogen and oxygen atoms in total. The molecule has 1 aliphatic rings. The first kappa shape index (κ1) is 16.0. The Bertz CT molecular complexity index is 1050. The molecule has 5 rings (SSSR count). The number of rotatable bonds is 4. The Kier molecular flexibility index (Phi) is 3.83. The van der Waals surface area contributed by atoms with E-state index in [1.54, 1.807) is 25.3 Å². The van der Waals surface area contributed by atoms with Gasteiger partial charge in [0.15, 0.2) is 5.76 Å². The maximum absolute atomic E-state index is 5.78. The third kappa shape index (κ3) is 3.04. The summed E-state index contributed by atoms with van der Waals surface area (Å²) in [5, 5.41) is 16.5. The smallest absolute Gasteiger partial charge is 0.283 e. The maximum atomic E-state index is 5.78. The molecule has 1 aliphatic heterocycles. The van der Waals surface area contributed by atoms with Gasteiger partial charge in [0.25, 0.3) is 5.89 Å². The van der Waals surface area contributed by atoms with Crippen LogP contribution in [-0.4, -0.2) is 25.3 Å². The first-order chi connectivity index (χ1) is 13.3. The van der Waals surface area contributed by atoms with Crippen molar-refractivity contribution in [2.24, 2.45) is 0 Å². The largest absolute Gasteiger partial charge is 0.459 e. The number of aryl methyl sites for hydroxylation is 1. The zero-order chi connectivity index (χ0) is 18.2. The van der Waals surface area contributed by atoms with Crippen molar-refractivity contribution in [2.45, 2.75) is 32.5 Å². The Morgan fingerprint density at radius 3 is 2.67 bits per heavy atom. The molecule has 0 N–H and O–H groups in total. The fourth-order valence-corrected chi connectivity index (χ4v) is 3.42. The molecular weight excluding hydrogens is 346 g/mol. The number of hydrogen-bond donors (Lipinski definition) is 0. The first-order valence-corrected chi connectivity index (χ1v) is 8.73. The van der Waals surface area contributed by atoms with E-state index in [2.05, 4.69) is 49.6 Å². The summed E-state index contributed by atoms with van der Waals surface area (Å²) in [5.74, 6) is 2.61. The highest BCUT2D eigenvalue weighted by Gasteiger charge is 2.32. The van der Waals surface area contributed by atoms with Crippen molar-refractivity contribution in [3.8, 4) is 11.7 Å². The summed E-state index contributed by atoms with van der Waals surface area (Å²) in [4.78, 5) is 2.22. The van der Waals surface area contributed by atoms with Crippen LogP contribution < -0.4 is 0 Å². The number of benzene rings is 1. The molecule has 0 bridgehead atoms. The third-order valence-corrected chi connectivity index (χ3v) is 4.71. The van der Waals surface area contributed by atoms with Crippen LogP contribution in [0, 0.1) is 6.92 Å². The standard InChI is InChI=1S/C19H17N5O3/c1-12-20-22-18(26-12)15-9-13-5-2-3-6-14(13)10-24(15)11-17-21-23-19(27-17)16-7-4-8-25-16/h2-8,15H,9-11H2,1H3. The second-order valence-corrected chi connectivity index (χ2v) is 6.53. The van der Waals surface area contributed by atoms with Crippen LogP contribution in [-0.2, 0) is 19.5 Å². The van der Waals surface area contributed by atoms with Crippen LogP contribution >= 0.6 is 0 Å². The summed E-state index contributed by atoms with van der Waals surface area (Å²) in [6.07, 6.45) is 2.37. The molecule has 8 heteroatoms. The van der Waals surface area contributed by atoms with Gasteiger partial charge in [-0.3, -0.25) is 4.90 Å². The molecule has 136 valence electrons. The van der Waals surface area contributed by atoms with E-state index in [1.807, 2.05) is 0 Å². The highest BCUT2D eigenvalue weighted by atomic mass is 16.4. The number of hydrogen-bond acceptors (Lipinski definition) is 8. The van der Waals surface area contributed by atoms with E-state index in [-0.39, 0.29) is 6.04 Å². The maximum Gasteiger partial charge on any atom is 0.283 e. The van der Waals surface area contributed by atoms with Crippen molar-refractivity contribution < 1.29 is 13.3 Å². The lowest BCUT2D eigenvalue weighted by Gasteiger charge is -2.33. The van der Waals surface area contributed by atoms with E-state index in [1.165, 1.54) is 11.1 Å². The predicted molar refractivity (Wildman–Crippen MR) is 93.2 cm³/mol. The van der Waals surface area contributed by atoms with E-state index < -0.39 is 0 Å². The third-order valence-electron chi connectivity index (χ3n) is 4.71. The molecule has 0 spiro atoms. The molecular formula is C19H17N5O3. The van der Waals surface area contributed by atoms with Crippen LogP contribution in [0.25, 0.3) is 11.7 Å². The number of fused-ring (bicyclic) bond motifs is 1. The number of furan rings is 1. The number of aromatic nitrogens is 4. The van der Waals surface area contributed by atoms with E-state index in [0.717, 1.165) is 13.0 Å². The van der Waals surface area contributed by atoms with Crippen molar-refractivity contribution in [1.82, 2.24) is 25.3 Å². The topological polar surface area (TPSA) is 94.2 Å². The molecule has 0 fully saturated rings. The van der Waals surface area contributed by atoms with Crippen LogP contribution in [0.5, 0.6) is 0 Å². The number of nitrogens with zero attached hydrogens (tertiary/aromatic N) is 5. The summed E-state index contributed by atoms with van der Waals surface area (Å²) in [7, 11) is 0. The fourth-order valence-electron chi connectivity index (χ4n) is 3.42.